The predicted octanol–water partition coefficient (Wildman–Crippen LogP) is 0.111. The van der Waals surface area contributed by atoms with E-state index in [2.05, 4.69) is 0 Å². The smallest absolute Gasteiger partial charge is 0.187 e. The van der Waals surface area contributed by atoms with Crippen LogP contribution >= 0.6 is 0 Å². The summed E-state index contributed by atoms with van der Waals surface area (Å²) < 4.78 is 56.5. The molecule has 174 valence electrons. The maximum Gasteiger partial charge on any atom is 0.187 e. The Balaban J connectivity index is 3.10. The van der Waals surface area contributed by atoms with Crippen molar-refractivity contribution in [2.24, 2.45) is 0 Å². The second-order valence-corrected chi connectivity index (χ2v) is 6.66. The average molecular weight is 427 g/mol. The second-order valence-electron chi connectivity index (χ2n) is 6.66. The minimum absolute atomic E-state index is 0.249. The molecule has 1 fully saturated rings. The quantitative estimate of drug-likeness (QED) is 0.359. The molecule has 10 heteroatoms. The Labute approximate surface area is 173 Å². The van der Waals surface area contributed by atoms with Gasteiger partial charge in [-0.3, -0.25) is 0 Å². The van der Waals surface area contributed by atoms with Crippen molar-refractivity contribution in [1.29, 1.82) is 0 Å². The van der Waals surface area contributed by atoms with Gasteiger partial charge < -0.3 is 47.4 Å². The number of hydrogen-bond donors (Lipinski definition) is 0. The Morgan fingerprint density at radius 2 is 1.24 bits per heavy atom. The maximum atomic E-state index is 6.30. The van der Waals surface area contributed by atoms with E-state index in [-0.39, 0.29) is 18.8 Å². The van der Waals surface area contributed by atoms with Crippen LogP contribution < -0.4 is 0 Å². The van der Waals surface area contributed by atoms with Gasteiger partial charge in [-0.1, -0.05) is 0 Å². The number of methoxy groups -OCH3 is 8. The first-order valence-electron chi connectivity index (χ1n) is 9.48. The first kappa shape index (κ1) is 26.6. The maximum absolute atomic E-state index is 6.30. The van der Waals surface area contributed by atoms with Gasteiger partial charge in [-0.05, 0) is 0 Å². The van der Waals surface area contributed by atoms with E-state index in [9.17, 15) is 0 Å². The minimum atomic E-state index is -0.769. The fourth-order valence-corrected chi connectivity index (χ4v) is 3.64. The molecule has 0 spiro atoms. The predicted molar refractivity (Wildman–Crippen MR) is 103 cm³/mol. The van der Waals surface area contributed by atoms with Crippen molar-refractivity contribution in [1.82, 2.24) is 0 Å². The van der Waals surface area contributed by atoms with Crippen molar-refractivity contribution in [3.8, 4) is 0 Å². The third kappa shape index (κ3) is 7.06. The molecule has 29 heavy (non-hydrogen) atoms. The van der Waals surface area contributed by atoms with E-state index in [1.807, 2.05) is 0 Å². The monoisotopic (exact) mass is 426 g/mol. The van der Waals surface area contributed by atoms with Gasteiger partial charge in [0.1, 0.15) is 42.7 Å². The highest BCUT2D eigenvalue weighted by atomic mass is 16.7. The third-order valence-corrected chi connectivity index (χ3v) is 5.02. The zero-order chi connectivity index (χ0) is 21.8. The van der Waals surface area contributed by atoms with Gasteiger partial charge in [0, 0.05) is 56.9 Å². The summed E-state index contributed by atoms with van der Waals surface area (Å²) in [6, 6.07) is 0. The first-order chi connectivity index (χ1) is 14.1. The summed E-state index contributed by atoms with van der Waals surface area (Å²) in [4.78, 5) is 0. The number of rotatable bonds is 15. The Morgan fingerprint density at radius 1 is 0.655 bits per heavy atom. The van der Waals surface area contributed by atoms with Crippen LogP contribution in [0, 0.1) is 0 Å². The molecule has 0 N–H and O–H groups in total. The van der Waals surface area contributed by atoms with Crippen LogP contribution in [0.5, 0.6) is 0 Å². The fraction of sp³-hybridized carbons (Fsp3) is 1.00. The molecule has 10 nitrogen and oxygen atoms in total. The van der Waals surface area contributed by atoms with Gasteiger partial charge in [-0.15, -0.1) is 0 Å². The molecular weight excluding hydrogens is 388 g/mol. The standard InChI is InChI=1S/C19H38O10/c1-20-9-12(23-4)15(24-5)13(10-21-2)28-19-18(27-8)17(26-7)16(25-6)14(29-19)11-22-3/h12-19H,9-11H2,1-8H3. The molecule has 1 heterocycles. The highest BCUT2D eigenvalue weighted by molar-refractivity contribution is 4.93. The fourth-order valence-electron chi connectivity index (χ4n) is 3.64. The lowest BCUT2D eigenvalue weighted by atomic mass is 9.98. The third-order valence-electron chi connectivity index (χ3n) is 5.02. The van der Waals surface area contributed by atoms with Crippen LogP contribution in [0.3, 0.4) is 0 Å². The van der Waals surface area contributed by atoms with Crippen LogP contribution in [-0.2, 0) is 47.4 Å². The van der Waals surface area contributed by atoms with Crippen molar-refractivity contribution in [3.05, 3.63) is 0 Å². The van der Waals surface area contributed by atoms with Crippen molar-refractivity contribution in [3.63, 3.8) is 0 Å². The minimum Gasteiger partial charge on any atom is -0.382 e. The molecule has 8 unspecified atom stereocenters. The Morgan fingerprint density at radius 3 is 1.69 bits per heavy atom. The summed E-state index contributed by atoms with van der Waals surface area (Å²) in [7, 11) is 12.7. The molecule has 1 aliphatic heterocycles. The highest BCUT2D eigenvalue weighted by Crippen LogP contribution is 2.29. The van der Waals surface area contributed by atoms with Crippen LogP contribution in [0.2, 0.25) is 0 Å². The molecule has 1 rings (SSSR count). The Kier molecular flexibility index (Phi) is 13.4. The van der Waals surface area contributed by atoms with E-state index in [1.165, 1.54) is 0 Å². The highest BCUT2D eigenvalue weighted by Gasteiger charge is 2.49. The summed E-state index contributed by atoms with van der Waals surface area (Å²) in [5.74, 6) is 0. The van der Waals surface area contributed by atoms with Crippen LogP contribution in [0.4, 0.5) is 0 Å². The number of ether oxygens (including phenoxy) is 10. The molecule has 1 saturated heterocycles. The van der Waals surface area contributed by atoms with Gasteiger partial charge in [0.2, 0.25) is 0 Å². The molecule has 0 aromatic rings. The summed E-state index contributed by atoms with van der Waals surface area (Å²) in [6.07, 6.45) is -3.89. The van der Waals surface area contributed by atoms with Gasteiger partial charge in [-0.2, -0.15) is 0 Å². The Hall–Kier alpha value is -0.400. The SMILES string of the molecule is COCC(OC)C(OC)C(COC)OC1OC(COC)C(OC)C(OC)C1OC. The van der Waals surface area contributed by atoms with E-state index in [0.29, 0.717) is 13.2 Å². The number of hydrogen-bond acceptors (Lipinski definition) is 10. The molecular formula is C19H38O10. The first-order valence-corrected chi connectivity index (χ1v) is 9.48. The van der Waals surface area contributed by atoms with Crippen LogP contribution in [-0.4, -0.2) is 126 Å². The summed E-state index contributed by atoms with van der Waals surface area (Å²) in [6.45, 7) is 0.886. The lowest BCUT2D eigenvalue weighted by molar-refractivity contribution is -0.332. The molecule has 8 atom stereocenters. The zero-order valence-electron chi connectivity index (χ0n) is 18.8. The van der Waals surface area contributed by atoms with Crippen LogP contribution in [0.15, 0.2) is 0 Å². The van der Waals surface area contributed by atoms with Crippen molar-refractivity contribution in [2.45, 2.75) is 49.0 Å². The lowest BCUT2D eigenvalue weighted by Crippen LogP contribution is -2.62. The Bertz CT molecular complexity index is 412. The van der Waals surface area contributed by atoms with Gasteiger partial charge in [-0.25, -0.2) is 0 Å². The molecule has 0 amide bonds. The molecule has 0 radical (unpaired) electrons. The van der Waals surface area contributed by atoms with E-state index in [1.54, 1.807) is 56.9 Å². The normalized spacial score (nSPS) is 30.8. The van der Waals surface area contributed by atoms with E-state index >= 15 is 0 Å². The lowest BCUT2D eigenvalue weighted by Gasteiger charge is -2.46. The summed E-state index contributed by atoms with van der Waals surface area (Å²) in [5, 5.41) is 0. The molecule has 0 aromatic carbocycles. The molecule has 0 bridgehead atoms. The van der Waals surface area contributed by atoms with Crippen molar-refractivity contribution in [2.75, 3.05) is 76.7 Å². The summed E-state index contributed by atoms with van der Waals surface area (Å²) >= 11 is 0. The van der Waals surface area contributed by atoms with Gasteiger partial charge in [0.15, 0.2) is 6.29 Å². The van der Waals surface area contributed by atoms with Gasteiger partial charge in [0.05, 0.1) is 19.8 Å². The molecule has 0 aliphatic carbocycles. The van der Waals surface area contributed by atoms with E-state index in [4.69, 9.17) is 47.4 Å². The molecule has 1 aliphatic rings. The van der Waals surface area contributed by atoms with Crippen LogP contribution in [0.1, 0.15) is 0 Å². The van der Waals surface area contributed by atoms with Gasteiger partial charge >= 0.3 is 0 Å². The zero-order valence-corrected chi connectivity index (χ0v) is 18.8. The van der Waals surface area contributed by atoms with Crippen LogP contribution in [0.25, 0.3) is 0 Å². The van der Waals surface area contributed by atoms with E-state index in [0.717, 1.165) is 0 Å². The van der Waals surface area contributed by atoms with Crippen molar-refractivity contribution >= 4 is 0 Å². The summed E-state index contributed by atoms with van der Waals surface area (Å²) in [5.41, 5.74) is 0. The average Bonchev–Trinajstić information content (AvgIpc) is 2.73. The second kappa shape index (κ2) is 14.6. The topological polar surface area (TPSA) is 92.3 Å². The van der Waals surface area contributed by atoms with E-state index < -0.39 is 36.8 Å². The molecule has 0 aromatic heterocycles. The molecule has 0 saturated carbocycles. The largest absolute Gasteiger partial charge is 0.382 e. The van der Waals surface area contributed by atoms with Crippen molar-refractivity contribution < 1.29 is 47.4 Å². The van der Waals surface area contributed by atoms with Gasteiger partial charge in [0.25, 0.3) is 0 Å².